The summed E-state index contributed by atoms with van der Waals surface area (Å²) in [4.78, 5) is 22.0. The van der Waals surface area contributed by atoms with Gasteiger partial charge in [0.05, 0.1) is 4.92 Å². The Kier molecular flexibility index (Phi) is 4.85. The van der Waals surface area contributed by atoms with Gasteiger partial charge in [0.2, 0.25) is 0 Å². The summed E-state index contributed by atoms with van der Waals surface area (Å²) in [6.45, 7) is 7.99. The van der Waals surface area contributed by atoms with E-state index in [-0.39, 0.29) is 16.8 Å². The molecule has 0 aromatic heterocycles. The smallest absolute Gasteiger partial charge is 0.314 e. The SMILES string of the molecule is C/C(=C\NC(=O)Nc1ccccc1[N+](=O)[O-])C(C)(C)C. The Morgan fingerprint density at radius 2 is 1.90 bits per heavy atom. The highest BCUT2D eigenvalue weighted by Gasteiger charge is 2.15. The van der Waals surface area contributed by atoms with Crippen molar-refractivity contribution in [2.24, 2.45) is 5.41 Å². The molecule has 0 bridgehead atoms. The number of anilines is 1. The fourth-order valence-corrected chi connectivity index (χ4v) is 1.29. The molecule has 1 aromatic rings. The van der Waals surface area contributed by atoms with Gasteiger partial charge in [0.1, 0.15) is 5.69 Å². The van der Waals surface area contributed by atoms with Crippen molar-refractivity contribution in [3.05, 3.63) is 46.2 Å². The van der Waals surface area contributed by atoms with Crippen molar-refractivity contribution in [2.75, 3.05) is 5.32 Å². The second kappa shape index (κ2) is 6.18. The summed E-state index contributed by atoms with van der Waals surface area (Å²) in [6, 6.07) is 5.48. The lowest BCUT2D eigenvalue weighted by Gasteiger charge is -2.19. The zero-order valence-electron chi connectivity index (χ0n) is 12.1. The Morgan fingerprint density at radius 1 is 1.30 bits per heavy atom. The molecule has 2 N–H and O–H groups in total. The standard InChI is InChI=1S/C14H19N3O3/c1-10(14(2,3)4)9-15-13(18)16-11-7-5-6-8-12(11)17(19)20/h5-9H,1-4H3,(H2,15,16,18)/b10-9+. The van der Waals surface area contributed by atoms with E-state index in [4.69, 9.17) is 0 Å². The first-order valence-corrected chi connectivity index (χ1v) is 6.20. The highest BCUT2D eigenvalue weighted by molar-refractivity contribution is 5.92. The fraction of sp³-hybridized carbons (Fsp3) is 0.357. The van der Waals surface area contributed by atoms with Crippen LogP contribution in [-0.4, -0.2) is 11.0 Å². The molecule has 0 saturated heterocycles. The third kappa shape index (κ3) is 4.38. The van der Waals surface area contributed by atoms with Crippen LogP contribution in [0.1, 0.15) is 27.7 Å². The van der Waals surface area contributed by atoms with Crippen molar-refractivity contribution in [2.45, 2.75) is 27.7 Å². The van der Waals surface area contributed by atoms with Gasteiger partial charge in [-0.3, -0.25) is 10.1 Å². The van der Waals surface area contributed by atoms with Crippen LogP contribution < -0.4 is 10.6 Å². The fourth-order valence-electron chi connectivity index (χ4n) is 1.29. The van der Waals surface area contributed by atoms with Crippen LogP contribution in [0, 0.1) is 15.5 Å². The summed E-state index contributed by atoms with van der Waals surface area (Å²) in [5.41, 5.74) is 0.970. The van der Waals surface area contributed by atoms with Crippen molar-refractivity contribution >= 4 is 17.4 Å². The summed E-state index contributed by atoms with van der Waals surface area (Å²) in [7, 11) is 0. The van der Waals surface area contributed by atoms with E-state index in [0.717, 1.165) is 5.57 Å². The summed E-state index contributed by atoms with van der Waals surface area (Å²) in [6.07, 6.45) is 1.60. The molecule has 0 aliphatic rings. The second-order valence-corrected chi connectivity index (χ2v) is 5.45. The lowest BCUT2D eigenvalue weighted by Crippen LogP contribution is -2.25. The van der Waals surface area contributed by atoms with E-state index in [1.165, 1.54) is 12.1 Å². The zero-order valence-corrected chi connectivity index (χ0v) is 12.1. The van der Waals surface area contributed by atoms with Gasteiger partial charge in [0, 0.05) is 12.3 Å². The number of rotatable bonds is 3. The zero-order chi connectivity index (χ0) is 15.3. The largest absolute Gasteiger partial charge is 0.323 e. The molecule has 0 aliphatic heterocycles. The van der Waals surface area contributed by atoms with Crippen molar-refractivity contribution < 1.29 is 9.72 Å². The molecule has 2 amide bonds. The summed E-state index contributed by atoms with van der Waals surface area (Å²) in [5, 5.41) is 15.9. The number of nitro groups is 1. The molecular weight excluding hydrogens is 258 g/mol. The van der Waals surface area contributed by atoms with E-state index in [1.54, 1.807) is 18.3 Å². The molecule has 1 rings (SSSR count). The van der Waals surface area contributed by atoms with E-state index in [0.29, 0.717) is 0 Å². The number of hydrogen-bond acceptors (Lipinski definition) is 3. The predicted molar refractivity (Wildman–Crippen MR) is 78.5 cm³/mol. The number of benzene rings is 1. The average molecular weight is 277 g/mol. The quantitative estimate of drug-likeness (QED) is 0.653. The van der Waals surface area contributed by atoms with E-state index in [2.05, 4.69) is 10.6 Å². The molecule has 0 heterocycles. The van der Waals surface area contributed by atoms with Gasteiger partial charge in [-0.1, -0.05) is 38.5 Å². The van der Waals surface area contributed by atoms with Crippen molar-refractivity contribution in [3.63, 3.8) is 0 Å². The molecule has 6 heteroatoms. The second-order valence-electron chi connectivity index (χ2n) is 5.45. The number of nitrogens with one attached hydrogen (secondary N) is 2. The molecule has 0 saturated carbocycles. The van der Waals surface area contributed by atoms with E-state index >= 15 is 0 Å². The van der Waals surface area contributed by atoms with E-state index in [9.17, 15) is 14.9 Å². The molecule has 20 heavy (non-hydrogen) atoms. The minimum atomic E-state index is -0.536. The third-order valence-electron chi connectivity index (χ3n) is 2.95. The molecular formula is C14H19N3O3. The maximum Gasteiger partial charge on any atom is 0.323 e. The number of nitro benzene ring substituents is 1. The lowest BCUT2D eigenvalue weighted by molar-refractivity contribution is -0.383. The normalized spacial score (nSPS) is 11.9. The molecule has 0 aliphatic carbocycles. The number of carbonyl (C=O) groups is 1. The number of para-hydroxylation sites is 2. The van der Waals surface area contributed by atoms with Crippen LogP contribution in [-0.2, 0) is 0 Å². The first-order chi connectivity index (χ1) is 9.21. The van der Waals surface area contributed by atoms with Gasteiger partial charge >= 0.3 is 6.03 Å². The molecule has 0 fully saturated rings. The van der Waals surface area contributed by atoms with Gasteiger partial charge in [-0.15, -0.1) is 0 Å². The van der Waals surface area contributed by atoms with Gasteiger partial charge < -0.3 is 10.6 Å². The minimum absolute atomic E-state index is 0.0496. The van der Waals surface area contributed by atoms with E-state index in [1.807, 2.05) is 27.7 Å². The van der Waals surface area contributed by atoms with E-state index < -0.39 is 11.0 Å². The number of allylic oxidation sites excluding steroid dienone is 1. The molecule has 108 valence electrons. The molecule has 6 nitrogen and oxygen atoms in total. The van der Waals surface area contributed by atoms with Crippen LogP contribution in [0.5, 0.6) is 0 Å². The topological polar surface area (TPSA) is 84.3 Å². The van der Waals surface area contributed by atoms with Crippen LogP contribution >= 0.6 is 0 Å². The monoisotopic (exact) mass is 277 g/mol. The average Bonchev–Trinajstić information content (AvgIpc) is 2.35. The Bertz CT molecular complexity index is 545. The molecule has 0 spiro atoms. The van der Waals surface area contributed by atoms with Crippen LogP contribution in [0.15, 0.2) is 36.0 Å². The number of urea groups is 1. The lowest BCUT2D eigenvalue weighted by atomic mass is 9.88. The van der Waals surface area contributed by atoms with Crippen LogP contribution in [0.2, 0.25) is 0 Å². The van der Waals surface area contributed by atoms with Gasteiger partial charge in [-0.2, -0.15) is 0 Å². The Morgan fingerprint density at radius 3 is 2.45 bits per heavy atom. The molecule has 0 atom stereocenters. The Hall–Kier alpha value is -2.37. The van der Waals surface area contributed by atoms with Crippen molar-refractivity contribution in [1.29, 1.82) is 0 Å². The summed E-state index contributed by atoms with van der Waals surface area (Å²) >= 11 is 0. The first kappa shape index (κ1) is 15.7. The minimum Gasteiger partial charge on any atom is -0.314 e. The highest BCUT2D eigenvalue weighted by Crippen LogP contribution is 2.24. The number of nitrogens with zero attached hydrogens (tertiary/aromatic N) is 1. The van der Waals surface area contributed by atoms with Gasteiger partial charge in [-0.05, 0) is 18.4 Å². The van der Waals surface area contributed by atoms with Crippen LogP contribution in [0.3, 0.4) is 0 Å². The maximum atomic E-state index is 11.7. The summed E-state index contributed by atoms with van der Waals surface area (Å²) < 4.78 is 0. The van der Waals surface area contributed by atoms with Crippen LogP contribution in [0.4, 0.5) is 16.2 Å². The van der Waals surface area contributed by atoms with Crippen LogP contribution in [0.25, 0.3) is 0 Å². The number of carbonyl (C=O) groups excluding carboxylic acids is 1. The Labute approximate surface area is 118 Å². The number of amides is 2. The molecule has 1 aromatic carbocycles. The first-order valence-electron chi connectivity index (χ1n) is 6.20. The summed E-state index contributed by atoms with van der Waals surface area (Å²) in [5.74, 6) is 0. The highest BCUT2D eigenvalue weighted by atomic mass is 16.6. The molecule has 0 unspecified atom stereocenters. The predicted octanol–water partition coefficient (Wildman–Crippen LogP) is 3.67. The van der Waals surface area contributed by atoms with Crippen molar-refractivity contribution in [3.8, 4) is 0 Å². The molecule has 0 radical (unpaired) electrons. The van der Waals surface area contributed by atoms with Crippen molar-refractivity contribution in [1.82, 2.24) is 5.32 Å². The Balaban J connectivity index is 2.76. The number of hydrogen-bond donors (Lipinski definition) is 2. The van der Waals surface area contributed by atoms with Gasteiger partial charge in [0.15, 0.2) is 0 Å². The maximum absolute atomic E-state index is 11.7. The van der Waals surface area contributed by atoms with Gasteiger partial charge in [0.25, 0.3) is 5.69 Å². The third-order valence-corrected chi connectivity index (χ3v) is 2.95. The van der Waals surface area contributed by atoms with Gasteiger partial charge in [-0.25, -0.2) is 4.79 Å².